The summed E-state index contributed by atoms with van der Waals surface area (Å²) in [5.41, 5.74) is 0. The van der Waals surface area contributed by atoms with Gasteiger partial charge in [0.1, 0.15) is 0 Å². The van der Waals surface area contributed by atoms with Crippen LogP contribution in [0.4, 0.5) is 0 Å². The van der Waals surface area contributed by atoms with Crippen LogP contribution in [0.2, 0.25) is 0 Å². The molecule has 0 aromatic carbocycles. The first-order valence-corrected chi connectivity index (χ1v) is 10.8. The Morgan fingerprint density at radius 3 is 1.46 bits per heavy atom. The first-order valence-electron chi connectivity index (χ1n) is 10.8. The first kappa shape index (κ1) is 24.5. The van der Waals surface area contributed by atoms with Gasteiger partial charge >= 0.3 is 0 Å². The lowest BCUT2D eigenvalue weighted by Crippen LogP contribution is -2.32. The number of rotatable bonds is 18. The van der Waals surface area contributed by atoms with E-state index in [1.165, 1.54) is 70.6 Å². The van der Waals surface area contributed by atoms with Gasteiger partial charge in [-0.1, -0.05) is 84.0 Å². The van der Waals surface area contributed by atoms with Crippen molar-refractivity contribution in [2.75, 3.05) is 13.1 Å². The molecule has 0 N–H and O–H groups in total. The number of hydrogen-bond donors (Lipinski definition) is 0. The first-order chi connectivity index (χ1) is 12.8. The standard InChI is InChI=1S/C22H39N3O/c1-2-3-4-5-6-7-8-9-10-11-12-13-14-17-22(26)25(20-15-18-23)21-16-19-24/h2-17,20-21H2,1H3. The fraction of sp³-hybridized carbons (Fsp3) is 0.864. The highest BCUT2D eigenvalue weighted by Gasteiger charge is 2.12. The number of nitriles is 2. The highest BCUT2D eigenvalue weighted by Crippen LogP contribution is 2.13. The second-order valence-corrected chi connectivity index (χ2v) is 7.19. The Labute approximate surface area is 161 Å². The van der Waals surface area contributed by atoms with Crippen LogP contribution in [-0.4, -0.2) is 23.9 Å². The van der Waals surface area contributed by atoms with Crippen molar-refractivity contribution in [2.24, 2.45) is 0 Å². The lowest BCUT2D eigenvalue weighted by Gasteiger charge is -2.20. The Balaban J connectivity index is 3.50. The molecule has 0 aliphatic rings. The maximum Gasteiger partial charge on any atom is 0.222 e. The molecule has 0 radical (unpaired) electrons. The summed E-state index contributed by atoms with van der Waals surface area (Å²) >= 11 is 0. The third-order valence-electron chi connectivity index (χ3n) is 4.83. The van der Waals surface area contributed by atoms with Crippen LogP contribution in [0, 0.1) is 22.7 Å². The maximum atomic E-state index is 12.2. The minimum atomic E-state index is 0.0959. The number of amides is 1. The van der Waals surface area contributed by atoms with Gasteiger partial charge in [-0.25, -0.2) is 0 Å². The van der Waals surface area contributed by atoms with Crippen LogP contribution in [0.15, 0.2) is 0 Å². The third-order valence-corrected chi connectivity index (χ3v) is 4.83. The van der Waals surface area contributed by atoms with E-state index >= 15 is 0 Å². The molecule has 0 spiro atoms. The van der Waals surface area contributed by atoms with Gasteiger partial charge in [0.2, 0.25) is 5.91 Å². The molecule has 26 heavy (non-hydrogen) atoms. The predicted octanol–water partition coefficient (Wildman–Crippen LogP) is 6.12. The van der Waals surface area contributed by atoms with Crippen LogP contribution in [0.5, 0.6) is 0 Å². The zero-order valence-corrected chi connectivity index (χ0v) is 17.0. The highest BCUT2D eigenvalue weighted by atomic mass is 16.2. The van der Waals surface area contributed by atoms with E-state index in [9.17, 15) is 4.79 Å². The minimum absolute atomic E-state index is 0.0959. The van der Waals surface area contributed by atoms with Gasteiger partial charge in [-0.05, 0) is 6.42 Å². The summed E-state index contributed by atoms with van der Waals surface area (Å²) in [5.74, 6) is 0.0959. The number of nitrogens with zero attached hydrogens (tertiary/aromatic N) is 3. The summed E-state index contributed by atoms with van der Waals surface area (Å²) in [4.78, 5) is 13.8. The van der Waals surface area contributed by atoms with Gasteiger partial charge in [-0.15, -0.1) is 0 Å². The third kappa shape index (κ3) is 15.9. The number of carbonyl (C=O) groups excluding carboxylic acids is 1. The van der Waals surface area contributed by atoms with Gasteiger partial charge in [0.05, 0.1) is 25.0 Å². The molecular weight excluding hydrogens is 322 g/mol. The Hall–Kier alpha value is -1.55. The van der Waals surface area contributed by atoms with Crippen LogP contribution in [0.25, 0.3) is 0 Å². The normalized spacial score (nSPS) is 10.3. The van der Waals surface area contributed by atoms with Crippen molar-refractivity contribution in [2.45, 2.75) is 110 Å². The fourth-order valence-electron chi connectivity index (χ4n) is 3.18. The average Bonchev–Trinajstić information content (AvgIpc) is 2.65. The van der Waals surface area contributed by atoms with Gasteiger partial charge in [0.25, 0.3) is 0 Å². The highest BCUT2D eigenvalue weighted by molar-refractivity contribution is 5.76. The summed E-state index contributed by atoms with van der Waals surface area (Å²) in [6.45, 7) is 3.17. The summed E-state index contributed by atoms with van der Waals surface area (Å²) in [5, 5.41) is 17.3. The largest absolute Gasteiger partial charge is 0.341 e. The van der Waals surface area contributed by atoms with Crippen molar-refractivity contribution in [3.05, 3.63) is 0 Å². The van der Waals surface area contributed by atoms with E-state index in [2.05, 4.69) is 19.1 Å². The van der Waals surface area contributed by atoms with E-state index in [1.54, 1.807) is 4.90 Å². The molecule has 0 fully saturated rings. The SMILES string of the molecule is CCCCCCCCCCCCCCCC(=O)N(CCC#N)CCC#N. The van der Waals surface area contributed by atoms with E-state index < -0.39 is 0 Å². The zero-order valence-electron chi connectivity index (χ0n) is 17.0. The molecule has 0 saturated heterocycles. The van der Waals surface area contributed by atoms with E-state index in [-0.39, 0.29) is 5.91 Å². The second-order valence-electron chi connectivity index (χ2n) is 7.19. The minimum Gasteiger partial charge on any atom is -0.341 e. The predicted molar refractivity (Wildman–Crippen MR) is 107 cm³/mol. The molecule has 148 valence electrons. The quantitative estimate of drug-likeness (QED) is 0.276. The van der Waals surface area contributed by atoms with Gasteiger partial charge in [0, 0.05) is 19.5 Å². The molecule has 4 heteroatoms. The molecule has 0 aliphatic heterocycles. The topological polar surface area (TPSA) is 67.9 Å². The molecule has 4 nitrogen and oxygen atoms in total. The van der Waals surface area contributed by atoms with E-state index in [1.807, 2.05) is 0 Å². The molecule has 0 saturated carbocycles. The lowest BCUT2D eigenvalue weighted by molar-refractivity contribution is -0.131. The molecule has 0 bridgehead atoms. The second kappa shape index (κ2) is 19.8. The molecule has 0 heterocycles. The lowest BCUT2D eigenvalue weighted by atomic mass is 10.0. The van der Waals surface area contributed by atoms with Crippen molar-refractivity contribution in [1.82, 2.24) is 4.90 Å². The molecule has 0 rings (SSSR count). The molecular formula is C22H39N3O. The zero-order chi connectivity index (χ0) is 19.3. The van der Waals surface area contributed by atoms with Gasteiger partial charge in [0.15, 0.2) is 0 Å². The summed E-state index contributed by atoms with van der Waals surface area (Å²) < 4.78 is 0. The Morgan fingerprint density at radius 2 is 1.08 bits per heavy atom. The van der Waals surface area contributed by atoms with E-state index in [0.29, 0.717) is 32.4 Å². The molecule has 0 unspecified atom stereocenters. The van der Waals surface area contributed by atoms with E-state index in [4.69, 9.17) is 10.5 Å². The Morgan fingerprint density at radius 1 is 0.692 bits per heavy atom. The Kier molecular flexibility index (Phi) is 18.6. The monoisotopic (exact) mass is 361 g/mol. The Bertz CT molecular complexity index is 391. The number of carbonyl (C=O) groups is 1. The molecule has 0 aromatic heterocycles. The van der Waals surface area contributed by atoms with Gasteiger partial charge in [-0.2, -0.15) is 10.5 Å². The van der Waals surface area contributed by atoms with E-state index in [0.717, 1.165) is 12.8 Å². The van der Waals surface area contributed by atoms with Crippen LogP contribution in [0.1, 0.15) is 110 Å². The van der Waals surface area contributed by atoms with Crippen LogP contribution >= 0.6 is 0 Å². The van der Waals surface area contributed by atoms with Crippen molar-refractivity contribution in [3.8, 4) is 12.1 Å². The molecule has 1 amide bonds. The molecule has 0 aliphatic carbocycles. The summed E-state index contributed by atoms with van der Waals surface area (Å²) in [6.07, 6.45) is 18.1. The molecule has 0 aromatic rings. The average molecular weight is 362 g/mol. The van der Waals surface area contributed by atoms with Crippen molar-refractivity contribution >= 4 is 5.91 Å². The number of unbranched alkanes of at least 4 members (excludes halogenated alkanes) is 12. The summed E-state index contributed by atoms with van der Waals surface area (Å²) in [7, 11) is 0. The van der Waals surface area contributed by atoms with Crippen molar-refractivity contribution in [3.63, 3.8) is 0 Å². The smallest absolute Gasteiger partial charge is 0.222 e. The van der Waals surface area contributed by atoms with Crippen LogP contribution < -0.4 is 0 Å². The van der Waals surface area contributed by atoms with Crippen LogP contribution in [-0.2, 0) is 4.79 Å². The van der Waals surface area contributed by atoms with Crippen molar-refractivity contribution < 1.29 is 4.79 Å². The number of hydrogen-bond acceptors (Lipinski definition) is 3. The van der Waals surface area contributed by atoms with Gasteiger partial charge in [-0.3, -0.25) is 4.79 Å². The fourth-order valence-corrected chi connectivity index (χ4v) is 3.18. The van der Waals surface area contributed by atoms with Crippen LogP contribution in [0.3, 0.4) is 0 Å². The summed E-state index contributed by atoms with van der Waals surface area (Å²) in [6, 6.07) is 4.14. The maximum absolute atomic E-state index is 12.2. The van der Waals surface area contributed by atoms with Crippen molar-refractivity contribution in [1.29, 1.82) is 10.5 Å². The molecule has 0 atom stereocenters. The van der Waals surface area contributed by atoms with Gasteiger partial charge < -0.3 is 4.90 Å².